The molecule has 184 valence electrons. The van der Waals surface area contributed by atoms with Gasteiger partial charge in [0.2, 0.25) is 15.9 Å². The van der Waals surface area contributed by atoms with Crippen LogP contribution in [0.15, 0.2) is 42.5 Å². The van der Waals surface area contributed by atoms with Crippen molar-refractivity contribution in [2.75, 3.05) is 26.2 Å². The number of hydrogen-bond acceptors (Lipinski definition) is 4. The molecule has 0 aromatic heterocycles. The van der Waals surface area contributed by atoms with Crippen LogP contribution in [0.5, 0.6) is 0 Å². The monoisotopic (exact) mass is 523 g/mol. The lowest BCUT2D eigenvalue weighted by Crippen LogP contribution is -2.45. The number of likely N-dealkylation sites (tertiary alicyclic amines) is 1. The van der Waals surface area contributed by atoms with E-state index in [0.717, 1.165) is 12.1 Å². The van der Waals surface area contributed by atoms with E-state index in [-0.39, 0.29) is 24.1 Å². The Kier molecular flexibility index (Phi) is 8.53. The van der Waals surface area contributed by atoms with E-state index < -0.39 is 10.0 Å². The van der Waals surface area contributed by atoms with E-state index in [1.54, 1.807) is 18.2 Å². The minimum Gasteiger partial charge on any atom is -0.352 e. The first-order chi connectivity index (χ1) is 16.3. The van der Waals surface area contributed by atoms with Gasteiger partial charge in [-0.3, -0.25) is 9.69 Å². The summed E-state index contributed by atoms with van der Waals surface area (Å²) < 4.78 is 27.4. The van der Waals surface area contributed by atoms with Gasteiger partial charge >= 0.3 is 0 Å². The highest BCUT2D eigenvalue weighted by Crippen LogP contribution is 2.26. The molecular weight excluding hydrogens is 493 g/mol. The summed E-state index contributed by atoms with van der Waals surface area (Å²) in [7, 11) is -3.57. The molecule has 6 nitrogen and oxygen atoms in total. The van der Waals surface area contributed by atoms with Gasteiger partial charge in [0.15, 0.2) is 0 Å². The molecule has 2 aliphatic heterocycles. The summed E-state index contributed by atoms with van der Waals surface area (Å²) in [6.07, 6.45) is 3.89. The number of carbonyl (C=O) groups excluding carboxylic acids is 1. The molecule has 2 aromatic carbocycles. The maximum Gasteiger partial charge on any atom is 0.224 e. The lowest BCUT2D eigenvalue weighted by molar-refractivity contribution is -0.126. The quantitative estimate of drug-likeness (QED) is 0.554. The first-order valence-corrected chi connectivity index (χ1v) is 14.2. The van der Waals surface area contributed by atoms with Crippen LogP contribution in [-0.4, -0.2) is 49.7 Å². The molecule has 4 rings (SSSR count). The summed E-state index contributed by atoms with van der Waals surface area (Å²) in [5, 5.41) is 3.71. The first kappa shape index (κ1) is 25.5. The SMILES string of the molecule is O=C(NCc1ccc(CN2CCCC2)cc1)[C@H]1CCCN(S(=O)(=O)Cc2ccc(Cl)c(Cl)c2)C1. The first-order valence-electron chi connectivity index (χ1n) is 11.8. The number of rotatable bonds is 8. The number of sulfonamides is 1. The van der Waals surface area contributed by atoms with Crippen molar-refractivity contribution in [3.63, 3.8) is 0 Å². The van der Waals surface area contributed by atoms with Crippen molar-refractivity contribution in [1.29, 1.82) is 0 Å². The number of halogens is 2. The molecule has 2 aromatic rings. The topological polar surface area (TPSA) is 69.7 Å². The van der Waals surface area contributed by atoms with Gasteiger partial charge in [-0.15, -0.1) is 0 Å². The van der Waals surface area contributed by atoms with E-state index in [0.29, 0.717) is 41.5 Å². The molecule has 9 heteroatoms. The number of amides is 1. The lowest BCUT2D eigenvalue weighted by Gasteiger charge is -2.31. The van der Waals surface area contributed by atoms with Gasteiger partial charge in [0.05, 0.1) is 21.7 Å². The maximum atomic E-state index is 13.0. The van der Waals surface area contributed by atoms with Crippen LogP contribution in [0.25, 0.3) is 0 Å². The van der Waals surface area contributed by atoms with Gasteiger partial charge in [0.1, 0.15) is 0 Å². The molecular formula is C25H31Cl2N3O3S. The van der Waals surface area contributed by atoms with Crippen LogP contribution in [0.1, 0.15) is 42.4 Å². The van der Waals surface area contributed by atoms with Crippen molar-refractivity contribution in [3.05, 3.63) is 69.2 Å². The lowest BCUT2D eigenvalue weighted by atomic mass is 9.98. The summed E-state index contributed by atoms with van der Waals surface area (Å²) in [4.78, 5) is 15.3. The Morgan fingerprint density at radius 2 is 1.59 bits per heavy atom. The molecule has 34 heavy (non-hydrogen) atoms. The van der Waals surface area contributed by atoms with Crippen molar-refractivity contribution in [3.8, 4) is 0 Å². The smallest absolute Gasteiger partial charge is 0.224 e. The van der Waals surface area contributed by atoms with Crippen molar-refractivity contribution < 1.29 is 13.2 Å². The molecule has 0 bridgehead atoms. The molecule has 2 fully saturated rings. The number of hydrogen-bond donors (Lipinski definition) is 1. The highest BCUT2D eigenvalue weighted by Gasteiger charge is 2.32. The summed E-state index contributed by atoms with van der Waals surface area (Å²) in [5.41, 5.74) is 2.90. The summed E-state index contributed by atoms with van der Waals surface area (Å²) in [5.74, 6) is -0.621. The summed E-state index contributed by atoms with van der Waals surface area (Å²) >= 11 is 12.0. The molecule has 0 unspecified atom stereocenters. The predicted molar refractivity (Wildman–Crippen MR) is 136 cm³/mol. The number of piperidine rings is 1. The molecule has 1 N–H and O–H groups in total. The van der Waals surface area contributed by atoms with Crippen molar-refractivity contribution in [1.82, 2.24) is 14.5 Å². The minimum atomic E-state index is -3.57. The Hall–Kier alpha value is -1.64. The number of nitrogens with zero attached hydrogens (tertiary/aromatic N) is 2. The minimum absolute atomic E-state index is 0.101. The van der Waals surface area contributed by atoms with Gasteiger partial charge in [-0.2, -0.15) is 0 Å². The molecule has 0 spiro atoms. The normalized spacial score (nSPS) is 19.9. The van der Waals surface area contributed by atoms with Gasteiger partial charge in [0.25, 0.3) is 0 Å². The van der Waals surface area contributed by atoms with Crippen molar-refractivity contribution in [2.45, 2.75) is 44.5 Å². The van der Waals surface area contributed by atoms with Crippen LogP contribution < -0.4 is 5.32 Å². The highest BCUT2D eigenvalue weighted by molar-refractivity contribution is 7.88. The number of benzene rings is 2. The van der Waals surface area contributed by atoms with Crippen molar-refractivity contribution in [2.24, 2.45) is 5.92 Å². The van der Waals surface area contributed by atoms with Gasteiger partial charge in [0, 0.05) is 26.2 Å². The Morgan fingerprint density at radius 3 is 2.29 bits per heavy atom. The largest absolute Gasteiger partial charge is 0.352 e. The van der Waals surface area contributed by atoms with E-state index in [9.17, 15) is 13.2 Å². The summed E-state index contributed by atoms with van der Waals surface area (Å²) in [6, 6.07) is 13.2. The van der Waals surface area contributed by atoms with Gasteiger partial charge in [-0.05, 0) is 67.6 Å². The van der Waals surface area contributed by atoms with Gasteiger partial charge < -0.3 is 5.32 Å². The second-order valence-electron chi connectivity index (χ2n) is 9.22. The van der Waals surface area contributed by atoms with Crippen LogP contribution in [-0.2, 0) is 33.7 Å². The van der Waals surface area contributed by atoms with Crippen LogP contribution >= 0.6 is 23.2 Å². The van der Waals surface area contributed by atoms with E-state index in [4.69, 9.17) is 23.2 Å². The second kappa shape index (κ2) is 11.4. The zero-order chi connectivity index (χ0) is 24.1. The van der Waals surface area contributed by atoms with E-state index >= 15 is 0 Å². The Balaban J connectivity index is 1.29. The number of carbonyl (C=O) groups is 1. The second-order valence-corrected chi connectivity index (χ2v) is 12.0. The van der Waals surface area contributed by atoms with E-state index in [2.05, 4.69) is 34.5 Å². The summed E-state index contributed by atoms with van der Waals surface area (Å²) in [6.45, 7) is 4.37. The highest BCUT2D eigenvalue weighted by atomic mass is 35.5. The Bertz CT molecular complexity index is 1100. The maximum absolute atomic E-state index is 13.0. The van der Waals surface area contributed by atoms with Crippen LogP contribution in [0.3, 0.4) is 0 Å². The molecule has 0 saturated carbocycles. The fraction of sp³-hybridized carbons (Fsp3) is 0.480. The van der Waals surface area contributed by atoms with Crippen molar-refractivity contribution >= 4 is 39.1 Å². The third-order valence-corrected chi connectivity index (χ3v) is 9.13. The third kappa shape index (κ3) is 6.73. The zero-order valence-electron chi connectivity index (χ0n) is 19.2. The van der Waals surface area contributed by atoms with Gasteiger partial charge in [-0.25, -0.2) is 12.7 Å². The Labute approximate surface area is 212 Å². The van der Waals surface area contributed by atoms with Crippen LogP contribution in [0, 0.1) is 5.92 Å². The standard InChI is InChI=1S/C25H31Cl2N3O3S/c26-23-10-9-21(14-24(23)27)18-34(32,33)30-13-3-4-22(17-30)25(31)28-15-19-5-7-20(8-6-19)16-29-11-1-2-12-29/h5-10,14,22H,1-4,11-13,15-18H2,(H,28,31)/t22-/m0/s1. The average Bonchev–Trinajstić information content (AvgIpc) is 3.34. The van der Waals surface area contributed by atoms with Crippen LogP contribution in [0.2, 0.25) is 10.0 Å². The van der Waals surface area contributed by atoms with Gasteiger partial charge in [-0.1, -0.05) is 53.5 Å². The molecule has 0 aliphatic carbocycles. The van der Waals surface area contributed by atoms with E-state index in [1.807, 2.05) is 0 Å². The molecule has 0 radical (unpaired) electrons. The van der Waals surface area contributed by atoms with E-state index in [1.165, 1.54) is 35.8 Å². The Morgan fingerprint density at radius 1 is 0.912 bits per heavy atom. The zero-order valence-corrected chi connectivity index (χ0v) is 21.5. The molecule has 2 aliphatic rings. The predicted octanol–water partition coefficient (Wildman–Crippen LogP) is 4.45. The fourth-order valence-electron chi connectivity index (χ4n) is 4.64. The molecule has 2 heterocycles. The third-order valence-electron chi connectivity index (χ3n) is 6.58. The van der Waals surface area contributed by atoms with Crippen LogP contribution in [0.4, 0.5) is 0 Å². The fourth-order valence-corrected chi connectivity index (χ4v) is 6.55. The molecule has 1 atom stereocenters. The average molecular weight is 525 g/mol. The number of nitrogens with one attached hydrogen (secondary N) is 1. The molecule has 2 saturated heterocycles. The molecule has 1 amide bonds.